The summed E-state index contributed by atoms with van der Waals surface area (Å²) in [4.78, 5) is 11.6. The monoisotopic (exact) mass is 287 g/mol. The smallest absolute Gasteiger partial charge is 0.226 e. The molecule has 2 rings (SSSR count). The SMILES string of the molecule is CC(C)C(=O)Nc1ccc(OCc2cccc(F)c2)cc1. The standard InChI is InChI=1S/C17H18FNO2/c1-12(2)17(20)19-15-6-8-16(9-7-15)21-11-13-4-3-5-14(18)10-13/h3-10,12H,11H2,1-2H3,(H,19,20). The van der Waals surface area contributed by atoms with E-state index < -0.39 is 0 Å². The van der Waals surface area contributed by atoms with E-state index in [0.717, 1.165) is 11.3 Å². The molecule has 1 amide bonds. The average Bonchev–Trinajstić information content (AvgIpc) is 2.46. The van der Waals surface area contributed by atoms with Crippen LogP contribution in [0.15, 0.2) is 48.5 Å². The van der Waals surface area contributed by atoms with Gasteiger partial charge in [-0.2, -0.15) is 0 Å². The number of benzene rings is 2. The van der Waals surface area contributed by atoms with Crippen molar-refractivity contribution < 1.29 is 13.9 Å². The number of hydrogen-bond acceptors (Lipinski definition) is 2. The van der Waals surface area contributed by atoms with Crippen molar-refractivity contribution in [3.05, 3.63) is 59.9 Å². The molecule has 0 saturated heterocycles. The maximum atomic E-state index is 13.0. The summed E-state index contributed by atoms with van der Waals surface area (Å²) >= 11 is 0. The van der Waals surface area contributed by atoms with Crippen molar-refractivity contribution in [1.29, 1.82) is 0 Å². The highest BCUT2D eigenvalue weighted by atomic mass is 19.1. The molecule has 0 radical (unpaired) electrons. The van der Waals surface area contributed by atoms with Crippen LogP contribution in [0, 0.1) is 11.7 Å². The lowest BCUT2D eigenvalue weighted by Crippen LogP contribution is -2.17. The van der Waals surface area contributed by atoms with Gasteiger partial charge in [-0.15, -0.1) is 0 Å². The number of halogens is 1. The van der Waals surface area contributed by atoms with Crippen LogP contribution >= 0.6 is 0 Å². The van der Waals surface area contributed by atoms with Crippen molar-refractivity contribution >= 4 is 11.6 Å². The van der Waals surface area contributed by atoms with Crippen LogP contribution in [-0.2, 0) is 11.4 Å². The van der Waals surface area contributed by atoms with Gasteiger partial charge in [0.1, 0.15) is 18.2 Å². The second-order valence-corrected chi connectivity index (χ2v) is 5.09. The zero-order valence-electron chi connectivity index (χ0n) is 12.1. The summed E-state index contributed by atoms with van der Waals surface area (Å²) in [6, 6.07) is 13.4. The molecule has 2 aromatic carbocycles. The maximum absolute atomic E-state index is 13.0. The third-order valence-electron chi connectivity index (χ3n) is 2.94. The molecule has 4 heteroatoms. The van der Waals surface area contributed by atoms with E-state index in [1.165, 1.54) is 12.1 Å². The molecule has 1 N–H and O–H groups in total. The Hall–Kier alpha value is -2.36. The topological polar surface area (TPSA) is 38.3 Å². The molecule has 0 saturated carbocycles. The van der Waals surface area contributed by atoms with Gasteiger partial charge in [0.05, 0.1) is 0 Å². The van der Waals surface area contributed by atoms with Crippen molar-refractivity contribution in [2.24, 2.45) is 5.92 Å². The van der Waals surface area contributed by atoms with E-state index in [4.69, 9.17) is 4.74 Å². The normalized spacial score (nSPS) is 10.5. The molecule has 0 atom stereocenters. The van der Waals surface area contributed by atoms with Gasteiger partial charge in [-0.1, -0.05) is 26.0 Å². The average molecular weight is 287 g/mol. The van der Waals surface area contributed by atoms with E-state index >= 15 is 0 Å². The lowest BCUT2D eigenvalue weighted by molar-refractivity contribution is -0.118. The van der Waals surface area contributed by atoms with E-state index in [-0.39, 0.29) is 17.6 Å². The number of ether oxygens (including phenoxy) is 1. The van der Waals surface area contributed by atoms with E-state index in [2.05, 4.69) is 5.32 Å². The van der Waals surface area contributed by atoms with Gasteiger partial charge in [-0.05, 0) is 42.0 Å². The first-order chi connectivity index (χ1) is 10.0. The van der Waals surface area contributed by atoms with Crippen molar-refractivity contribution in [2.75, 3.05) is 5.32 Å². The highest BCUT2D eigenvalue weighted by Gasteiger charge is 2.06. The number of carbonyl (C=O) groups is 1. The van der Waals surface area contributed by atoms with Gasteiger partial charge >= 0.3 is 0 Å². The molecule has 0 fully saturated rings. The largest absolute Gasteiger partial charge is 0.489 e. The fourth-order valence-corrected chi connectivity index (χ4v) is 1.71. The van der Waals surface area contributed by atoms with Crippen molar-refractivity contribution in [1.82, 2.24) is 0 Å². The summed E-state index contributed by atoms with van der Waals surface area (Å²) < 4.78 is 18.6. The Morgan fingerprint density at radius 1 is 1.19 bits per heavy atom. The van der Waals surface area contributed by atoms with Crippen molar-refractivity contribution in [2.45, 2.75) is 20.5 Å². The zero-order chi connectivity index (χ0) is 15.2. The maximum Gasteiger partial charge on any atom is 0.226 e. The summed E-state index contributed by atoms with van der Waals surface area (Å²) in [7, 11) is 0. The Labute approximate surface area is 123 Å². The molecular weight excluding hydrogens is 269 g/mol. The summed E-state index contributed by atoms with van der Waals surface area (Å²) in [6.07, 6.45) is 0. The number of hydrogen-bond donors (Lipinski definition) is 1. The Bertz CT molecular complexity index is 608. The molecule has 0 aliphatic rings. The predicted octanol–water partition coefficient (Wildman–Crippen LogP) is 4.00. The number of anilines is 1. The first-order valence-electron chi connectivity index (χ1n) is 6.83. The first kappa shape index (κ1) is 15.0. The predicted molar refractivity (Wildman–Crippen MR) is 80.6 cm³/mol. The van der Waals surface area contributed by atoms with Crippen LogP contribution in [0.5, 0.6) is 5.75 Å². The van der Waals surface area contributed by atoms with E-state index in [1.54, 1.807) is 36.4 Å². The molecule has 2 aromatic rings. The summed E-state index contributed by atoms with van der Waals surface area (Å²) in [5.74, 6) is 0.307. The molecule has 21 heavy (non-hydrogen) atoms. The second-order valence-electron chi connectivity index (χ2n) is 5.09. The molecule has 0 aromatic heterocycles. The minimum Gasteiger partial charge on any atom is -0.489 e. The zero-order valence-corrected chi connectivity index (χ0v) is 12.1. The Balaban J connectivity index is 1.92. The van der Waals surface area contributed by atoms with Crippen LogP contribution < -0.4 is 10.1 Å². The van der Waals surface area contributed by atoms with Crippen LogP contribution in [-0.4, -0.2) is 5.91 Å². The van der Waals surface area contributed by atoms with Crippen LogP contribution in [0.4, 0.5) is 10.1 Å². The highest BCUT2D eigenvalue weighted by molar-refractivity contribution is 5.92. The molecule has 0 heterocycles. The molecule has 0 bridgehead atoms. The molecule has 3 nitrogen and oxygen atoms in total. The fourth-order valence-electron chi connectivity index (χ4n) is 1.71. The van der Waals surface area contributed by atoms with Crippen LogP contribution in [0.1, 0.15) is 19.4 Å². The van der Waals surface area contributed by atoms with Crippen molar-refractivity contribution in [3.8, 4) is 5.75 Å². The molecule has 0 aliphatic heterocycles. The lowest BCUT2D eigenvalue weighted by atomic mass is 10.2. The lowest BCUT2D eigenvalue weighted by Gasteiger charge is -2.09. The summed E-state index contributed by atoms with van der Waals surface area (Å²) in [5.41, 5.74) is 1.50. The summed E-state index contributed by atoms with van der Waals surface area (Å²) in [6.45, 7) is 3.98. The van der Waals surface area contributed by atoms with Gasteiger partial charge in [-0.25, -0.2) is 4.39 Å². The first-order valence-corrected chi connectivity index (χ1v) is 6.83. The summed E-state index contributed by atoms with van der Waals surface area (Å²) in [5, 5.41) is 2.81. The van der Waals surface area contributed by atoms with Gasteiger partial charge in [-0.3, -0.25) is 4.79 Å². The molecular formula is C17H18FNO2. The Morgan fingerprint density at radius 3 is 2.52 bits per heavy atom. The van der Waals surface area contributed by atoms with E-state index in [1.807, 2.05) is 13.8 Å². The van der Waals surface area contributed by atoms with E-state index in [9.17, 15) is 9.18 Å². The van der Waals surface area contributed by atoms with Gasteiger partial charge in [0, 0.05) is 11.6 Å². The second kappa shape index (κ2) is 6.88. The minimum absolute atomic E-state index is 0.0246. The number of amides is 1. The minimum atomic E-state index is -0.275. The van der Waals surface area contributed by atoms with E-state index in [0.29, 0.717) is 12.4 Å². The molecule has 110 valence electrons. The Morgan fingerprint density at radius 2 is 1.90 bits per heavy atom. The van der Waals surface area contributed by atoms with Crippen LogP contribution in [0.3, 0.4) is 0 Å². The van der Waals surface area contributed by atoms with Crippen LogP contribution in [0.2, 0.25) is 0 Å². The van der Waals surface area contributed by atoms with Gasteiger partial charge in [0.15, 0.2) is 0 Å². The highest BCUT2D eigenvalue weighted by Crippen LogP contribution is 2.18. The van der Waals surface area contributed by atoms with Gasteiger partial charge < -0.3 is 10.1 Å². The Kier molecular flexibility index (Phi) is 4.93. The number of nitrogens with one attached hydrogen (secondary N) is 1. The molecule has 0 unspecified atom stereocenters. The van der Waals surface area contributed by atoms with Crippen LogP contribution in [0.25, 0.3) is 0 Å². The quantitative estimate of drug-likeness (QED) is 0.902. The van der Waals surface area contributed by atoms with Gasteiger partial charge in [0.25, 0.3) is 0 Å². The van der Waals surface area contributed by atoms with Crippen molar-refractivity contribution in [3.63, 3.8) is 0 Å². The number of rotatable bonds is 5. The third kappa shape index (κ3) is 4.60. The third-order valence-corrected chi connectivity index (χ3v) is 2.94. The van der Waals surface area contributed by atoms with Gasteiger partial charge in [0.2, 0.25) is 5.91 Å². The number of carbonyl (C=O) groups excluding carboxylic acids is 1. The fraction of sp³-hybridized carbons (Fsp3) is 0.235. The molecule has 0 aliphatic carbocycles. The molecule has 0 spiro atoms.